The van der Waals surface area contributed by atoms with Crippen LogP contribution in [-0.4, -0.2) is 55.0 Å². The Morgan fingerprint density at radius 2 is 1.84 bits per heavy atom. The second-order valence-electron chi connectivity index (χ2n) is 9.41. The summed E-state index contributed by atoms with van der Waals surface area (Å²) < 4.78 is 24.7. The Morgan fingerprint density at radius 3 is 2.58 bits per heavy atom. The summed E-state index contributed by atoms with van der Waals surface area (Å²) in [6.07, 6.45) is 3.10. The monoisotopic (exact) mass is 536 g/mol. The maximum absolute atomic E-state index is 13.1. The number of likely N-dealkylation sites (tertiary alicyclic amines) is 1. The first-order valence-electron chi connectivity index (χ1n) is 12.5. The standard InChI is InChI=1S/C28H29FN4O4S/c1-19-18-38-27(24(19)26(35)32-30-16-20-5-7-23(29)8-6-20)31-25(34)22-4-2-3-21(15-22)17-33-11-9-28(10-12-33)36-13-14-37-28/h2-8,15-16,18H,9-14,17H2,1H3,(H,31,34)(H,32,35)/b30-16+. The number of piperidine rings is 1. The molecule has 0 saturated carbocycles. The molecule has 3 aromatic rings. The van der Waals surface area contributed by atoms with E-state index in [0.717, 1.165) is 43.6 Å². The molecule has 2 aliphatic heterocycles. The Kier molecular flexibility index (Phi) is 7.94. The summed E-state index contributed by atoms with van der Waals surface area (Å²) in [5.74, 6) is -1.49. The zero-order chi connectivity index (χ0) is 26.5. The lowest BCUT2D eigenvalue weighted by Crippen LogP contribution is -2.44. The average Bonchev–Trinajstić information content (AvgIpc) is 3.53. The molecule has 8 nitrogen and oxygen atoms in total. The number of hydrogen-bond donors (Lipinski definition) is 2. The van der Waals surface area contributed by atoms with Crippen LogP contribution in [0.15, 0.2) is 59.0 Å². The SMILES string of the molecule is Cc1csc(NC(=O)c2cccc(CN3CCC4(CC3)OCCO4)c2)c1C(=O)N/N=C/c1ccc(F)cc1. The minimum atomic E-state index is -0.441. The van der Waals surface area contributed by atoms with Gasteiger partial charge in [0.15, 0.2) is 5.79 Å². The first kappa shape index (κ1) is 26.2. The van der Waals surface area contributed by atoms with Gasteiger partial charge in [-0.15, -0.1) is 11.3 Å². The van der Waals surface area contributed by atoms with Crippen molar-refractivity contribution in [3.05, 3.63) is 87.5 Å². The van der Waals surface area contributed by atoms with Crippen molar-refractivity contribution in [1.29, 1.82) is 0 Å². The van der Waals surface area contributed by atoms with Gasteiger partial charge in [0, 0.05) is 38.0 Å². The lowest BCUT2D eigenvalue weighted by molar-refractivity contribution is -0.185. The maximum Gasteiger partial charge on any atom is 0.274 e. The molecular weight excluding hydrogens is 507 g/mol. The molecule has 38 heavy (non-hydrogen) atoms. The fourth-order valence-electron chi connectivity index (χ4n) is 4.67. The highest BCUT2D eigenvalue weighted by Crippen LogP contribution is 2.32. The summed E-state index contributed by atoms with van der Waals surface area (Å²) >= 11 is 1.28. The van der Waals surface area contributed by atoms with E-state index < -0.39 is 11.7 Å². The van der Waals surface area contributed by atoms with E-state index >= 15 is 0 Å². The van der Waals surface area contributed by atoms with Crippen LogP contribution in [-0.2, 0) is 16.0 Å². The third kappa shape index (κ3) is 6.16. The molecule has 2 saturated heterocycles. The number of carbonyl (C=O) groups excluding carboxylic acids is 2. The smallest absolute Gasteiger partial charge is 0.274 e. The summed E-state index contributed by atoms with van der Waals surface area (Å²) in [7, 11) is 0. The van der Waals surface area contributed by atoms with E-state index in [2.05, 4.69) is 20.7 Å². The fourth-order valence-corrected chi connectivity index (χ4v) is 5.61. The van der Waals surface area contributed by atoms with Gasteiger partial charge < -0.3 is 14.8 Å². The van der Waals surface area contributed by atoms with Crippen LogP contribution >= 0.6 is 11.3 Å². The molecule has 2 aliphatic rings. The van der Waals surface area contributed by atoms with Crippen LogP contribution in [0.1, 0.15) is 50.2 Å². The van der Waals surface area contributed by atoms with Gasteiger partial charge in [-0.2, -0.15) is 5.10 Å². The number of carbonyl (C=O) groups is 2. The third-order valence-corrected chi connectivity index (χ3v) is 7.72. The van der Waals surface area contributed by atoms with Gasteiger partial charge in [-0.1, -0.05) is 24.3 Å². The quantitative estimate of drug-likeness (QED) is 0.342. The van der Waals surface area contributed by atoms with E-state index in [1.165, 1.54) is 29.7 Å². The van der Waals surface area contributed by atoms with Gasteiger partial charge >= 0.3 is 0 Å². The first-order valence-corrected chi connectivity index (χ1v) is 13.4. The Balaban J connectivity index is 1.20. The molecule has 0 atom stereocenters. The van der Waals surface area contributed by atoms with Crippen LogP contribution in [0.4, 0.5) is 9.39 Å². The van der Waals surface area contributed by atoms with Crippen LogP contribution in [0.2, 0.25) is 0 Å². The molecule has 0 aliphatic carbocycles. The van der Waals surface area contributed by atoms with Gasteiger partial charge in [-0.05, 0) is 53.3 Å². The normalized spacial score (nSPS) is 17.2. The second-order valence-corrected chi connectivity index (χ2v) is 10.3. The van der Waals surface area contributed by atoms with Gasteiger partial charge in [-0.25, -0.2) is 9.82 Å². The number of nitrogens with one attached hydrogen (secondary N) is 2. The fraction of sp³-hybridized carbons (Fsp3) is 0.321. The third-order valence-electron chi connectivity index (χ3n) is 6.71. The summed E-state index contributed by atoms with van der Waals surface area (Å²) in [4.78, 5) is 28.3. The number of thiophene rings is 1. The zero-order valence-corrected chi connectivity index (χ0v) is 21.9. The molecule has 2 N–H and O–H groups in total. The molecule has 10 heteroatoms. The number of amides is 2. The van der Waals surface area contributed by atoms with Crippen molar-refractivity contribution in [1.82, 2.24) is 10.3 Å². The minimum Gasteiger partial charge on any atom is -0.347 e. The van der Waals surface area contributed by atoms with Crippen LogP contribution in [0, 0.1) is 12.7 Å². The summed E-state index contributed by atoms with van der Waals surface area (Å²) in [6.45, 7) is 5.59. The highest BCUT2D eigenvalue weighted by molar-refractivity contribution is 7.15. The molecule has 3 heterocycles. The molecule has 0 unspecified atom stereocenters. The Morgan fingerprint density at radius 1 is 1.11 bits per heavy atom. The summed E-state index contributed by atoms with van der Waals surface area (Å²) in [5, 5.41) is 9.11. The topological polar surface area (TPSA) is 92.3 Å². The number of nitrogens with zero attached hydrogens (tertiary/aromatic N) is 2. The van der Waals surface area contributed by atoms with Gasteiger partial charge in [0.1, 0.15) is 10.8 Å². The number of ether oxygens (including phenoxy) is 2. The van der Waals surface area contributed by atoms with Crippen LogP contribution in [0.3, 0.4) is 0 Å². The number of rotatable bonds is 7. The number of anilines is 1. The van der Waals surface area contributed by atoms with E-state index in [4.69, 9.17) is 9.47 Å². The molecule has 5 rings (SSSR count). The molecule has 2 fully saturated rings. The lowest BCUT2D eigenvalue weighted by atomic mass is 10.0. The minimum absolute atomic E-state index is 0.289. The van der Waals surface area contributed by atoms with Crippen molar-refractivity contribution in [3.63, 3.8) is 0 Å². The van der Waals surface area contributed by atoms with E-state index in [-0.39, 0.29) is 11.7 Å². The van der Waals surface area contributed by atoms with E-state index in [0.29, 0.717) is 34.9 Å². The summed E-state index contributed by atoms with van der Waals surface area (Å²) in [6, 6.07) is 13.3. The summed E-state index contributed by atoms with van der Waals surface area (Å²) in [5.41, 5.74) is 5.77. The molecule has 2 amide bonds. The van der Waals surface area contributed by atoms with Gasteiger partial charge in [0.25, 0.3) is 11.8 Å². The zero-order valence-electron chi connectivity index (χ0n) is 21.0. The average molecular weight is 537 g/mol. The Bertz CT molecular complexity index is 1320. The largest absolute Gasteiger partial charge is 0.347 e. The predicted octanol–water partition coefficient (Wildman–Crippen LogP) is 4.55. The van der Waals surface area contributed by atoms with Crippen molar-refractivity contribution < 1.29 is 23.5 Å². The van der Waals surface area contributed by atoms with Crippen LogP contribution in [0.5, 0.6) is 0 Å². The Labute approximate surface area is 224 Å². The maximum atomic E-state index is 13.1. The van der Waals surface area contributed by atoms with Gasteiger partial charge in [0.2, 0.25) is 0 Å². The molecular formula is C28H29FN4O4S. The van der Waals surface area contributed by atoms with Crippen molar-refractivity contribution in [2.75, 3.05) is 31.6 Å². The second kappa shape index (κ2) is 11.5. The number of hydrazone groups is 1. The molecule has 2 aromatic carbocycles. The number of benzene rings is 2. The number of aryl methyl sites for hydroxylation is 1. The molecule has 0 radical (unpaired) electrons. The molecule has 1 spiro atoms. The number of hydrogen-bond acceptors (Lipinski definition) is 7. The van der Waals surface area contributed by atoms with Crippen LogP contribution in [0.25, 0.3) is 0 Å². The van der Waals surface area contributed by atoms with Crippen molar-refractivity contribution in [2.45, 2.75) is 32.1 Å². The highest BCUT2D eigenvalue weighted by Gasteiger charge is 2.39. The van der Waals surface area contributed by atoms with E-state index in [1.807, 2.05) is 23.6 Å². The van der Waals surface area contributed by atoms with Crippen molar-refractivity contribution in [3.8, 4) is 0 Å². The predicted molar refractivity (Wildman–Crippen MR) is 144 cm³/mol. The van der Waals surface area contributed by atoms with E-state index in [1.54, 1.807) is 25.1 Å². The van der Waals surface area contributed by atoms with Crippen molar-refractivity contribution >= 4 is 34.4 Å². The van der Waals surface area contributed by atoms with Gasteiger partial charge in [0.05, 0.1) is 25.0 Å². The lowest BCUT2D eigenvalue weighted by Gasteiger charge is -2.37. The van der Waals surface area contributed by atoms with Crippen LogP contribution < -0.4 is 10.7 Å². The van der Waals surface area contributed by atoms with Gasteiger partial charge in [-0.3, -0.25) is 14.5 Å². The van der Waals surface area contributed by atoms with E-state index in [9.17, 15) is 14.0 Å². The first-order chi connectivity index (χ1) is 18.4. The molecule has 198 valence electrons. The molecule has 0 bridgehead atoms. The Hall–Kier alpha value is -3.44. The highest BCUT2D eigenvalue weighted by atomic mass is 32.1. The van der Waals surface area contributed by atoms with Crippen molar-refractivity contribution in [2.24, 2.45) is 5.10 Å². The molecule has 1 aromatic heterocycles. The number of halogens is 1.